The molecule has 1 atom stereocenters. The highest BCUT2D eigenvalue weighted by atomic mass is 16.5. The second-order valence-corrected chi connectivity index (χ2v) is 3.34. The Kier molecular flexibility index (Phi) is 10.8. The Morgan fingerprint density at radius 2 is 1.57 bits per heavy atom. The van der Waals surface area contributed by atoms with Gasteiger partial charge in [0.05, 0.1) is 26.4 Å². The van der Waals surface area contributed by atoms with Crippen LogP contribution in [0.2, 0.25) is 0 Å². The van der Waals surface area contributed by atoms with Gasteiger partial charge in [-0.25, -0.2) is 0 Å². The van der Waals surface area contributed by atoms with E-state index in [0.717, 1.165) is 19.4 Å². The van der Waals surface area contributed by atoms with Crippen molar-refractivity contribution in [1.29, 1.82) is 0 Å². The van der Waals surface area contributed by atoms with Crippen molar-refractivity contribution >= 4 is 0 Å². The Morgan fingerprint density at radius 3 is 2.14 bits per heavy atom. The van der Waals surface area contributed by atoms with E-state index in [-0.39, 0.29) is 6.04 Å². The molecule has 0 aliphatic rings. The lowest BCUT2D eigenvalue weighted by Crippen LogP contribution is -2.15. The Balaban J connectivity index is 2.85. The first-order chi connectivity index (χ1) is 6.77. The zero-order valence-electron chi connectivity index (χ0n) is 9.33. The van der Waals surface area contributed by atoms with E-state index in [2.05, 4.69) is 0 Å². The molecule has 0 fully saturated rings. The van der Waals surface area contributed by atoms with Gasteiger partial charge in [0.2, 0.25) is 0 Å². The smallest absolute Gasteiger partial charge is 0.0701 e. The van der Waals surface area contributed by atoms with Gasteiger partial charge in [-0.1, -0.05) is 0 Å². The Bertz CT molecular complexity index is 110. The fourth-order valence-corrected chi connectivity index (χ4v) is 0.972. The normalized spacial score (nSPS) is 13.1. The van der Waals surface area contributed by atoms with Gasteiger partial charge < -0.3 is 19.9 Å². The van der Waals surface area contributed by atoms with Crippen LogP contribution in [0.15, 0.2) is 0 Å². The zero-order chi connectivity index (χ0) is 10.6. The second-order valence-electron chi connectivity index (χ2n) is 3.34. The molecule has 0 aromatic heterocycles. The number of hydrogen-bond donors (Lipinski definition) is 1. The van der Waals surface area contributed by atoms with Crippen LogP contribution < -0.4 is 5.73 Å². The van der Waals surface area contributed by atoms with E-state index in [9.17, 15) is 0 Å². The van der Waals surface area contributed by atoms with E-state index in [0.29, 0.717) is 26.4 Å². The summed E-state index contributed by atoms with van der Waals surface area (Å²) in [7, 11) is 1.66. The van der Waals surface area contributed by atoms with Crippen molar-refractivity contribution in [2.45, 2.75) is 25.8 Å². The summed E-state index contributed by atoms with van der Waals surface area (Å²) in [5.74, 6) is 0. The average Bonchev–Trinajstić information content (AvgIpc) is 2.15. The lowest BCUT2D eigenvalue weighted by atomic mass is 10.2. The van der Waals surface area contributed by atoms with E-state index in [1.165, 1.54) is 0 Å². The van der Waals surface area contributed by atoms with Gasteiger partial charge in [-0.05, 0) is 19.8 Å². The van der Waals surface area contributed by atoms with Gasteiger partial charge in [-0.2, -0.15) is 0 Å². The predicted octanol–water partition coefficient (Wildman–Crippen LogP) is 0.793. The Hall–Kier alpha value is -0.160. The molecule has 0 saturated heterocycles. The lowest BCUT2D eigenvalue weighted by molar-refractivity contribution is 0.0238. The monoisotopic (exact) mass is 205 g/mol. The molecule has 0 spiro atoms. The minimum absolute atomic E-state index is 0.275. The lowest BCUT2D eigenvalue weighted by Gasteiger charge is -2.06. The third kappa shape index (κ3) is 11.8. The van der Waals surface area contributed by atoms with Crippen molar-refractivity contribution in [2.75, 3.05) is 40.1 Å². The number of hydrogen-bond acceptors (Lipinski definition) is 4. The molecule has 0 aliphatic carbocycles. The summed E-state index contributed by atoms with van der Waals surface area (Å²) in [5.41, 5.74) is 5.59. The number of rotatable bonds is 10. The minimum Gasteiger partial charge on any atom is -0.382 e. The van der Waals surface area contributed by atoms with Gasteiger partial charge in [-0.3, -0.25) is 0 Å². The van der Waals surface area contributed by atoms with Crippen molar-refractivity contribution < 1.29 is 14.2 Å². The van der Waals surface area contributed by atoms with Crippen molar-refractivity contribution in [3.05, 3.63) is 0 Å². The molecule has 0 amide bonds. The third-order valence-corrected chi connectivity index (χ3v) is 1.75. The van der Waals surface area contributed by atoms with Crippen LogP contribution in [0.25, 0.3) is 0 Å². The van der Waals surface area contributed by atoms with Crippen LogP contribution in [0, 0.1) is 0 Å². The number of ether oxygens (including phenoxy) is 3. The Labute approximate surface area is 86.7 Å². The molecule has 0 rings (SSSR count). The first kappa shape index (κ1) is 13.8. The summed E-state index contributed by atoms with van der Waals surface area (Å²) in [6.45, 7) is 5.36. The van der Waals surface area contributed by atoms with Crippen LogP contribution in [0.5, 0.6) is 0 Å². The van der Waals surface area contributed by atoms with Gasteiger partial charge in [0.25, 0.3) is 0 Å². The summed E-state index contributed by atoms with van der Waals surface area (Å²) in [5, 5.41) is 0. The molecular formula is C10H23NO3. The van der Waals surface area contributed by atoms with Gasteiger partial charge in [0.15, 0.2) is 0 Å². The first-order valence-corrected chi connectivity index (χ1v) is 5.17. The maximum Gasteiger partial charge on any atom is 0.0701 e. The fraction of sp³-hybridized carbons (Fsp3) is 1.00. The summed E-state index contributed by atoms with van der Waals surface area (Å²) in [4.78, 5) is 0. The molecule has 2 N–H and O–H groups in total. The predicted molar refractivity (Wildman–Crippen MR) is 56.4 cm³/mol. The van der Waals surface area contributed by atoms with Crippen molar-refractivity contribution in [1.82, 2.24) is 0 Å². The molecule has 1 unspecified atom stereocenters. The largest absolute Gasteiger partial charge is 0.382 e. The number of nitrogens with two attached hydrogens (primary N) is 1. The molecule has 0 heterocycles. The average molecular weight is 205 g/mol. The molecule has 0 aliphatic heterocycles. The minimum atomic E-state index is 0.275. The maximum absolute atomic E-state index is 5.59. The first-order valence-electron chi connectivity index (χ1n) is 5.17. The molecule has 0 radical (unpaired) electrons. The summed E-state index contributed by atoms with van der Waals surface area (Å²) in [6.07, 6.45) is 2.04. The van der Waals surface area contributed by atoms with Crippen LogP contribution in [0.4, 0.5) is 0 Å². The molecule has 4 nitrogen and oxygen atoms in total. The SMILES string of the molecule is COCCOCCOCCCC(C)N. The number of methoxy groups -OCH3 is 1. The van der Waals surface area contributed by atoms with Crippen LogP contribution in [-0.2, 0) is 14.2 Å². The Morgan fingerprint density at radius 1 is 1.00 bits per heavy atom. The van der Waals surface area contributed by atoms with E-state index in [1.807, 2.05) is 6.92 Å². The van der Waals surface area contributed by atoms with E-state index < -0.39 is 0 Å². The molecular weight excluding hydrogens is 182 g/mol. The maximum atomic E-state index is 5.59. The molecule has 4 heteroatoms. The molecule has 0 aromatic rings. The molecule has 14 heavy (non-hydrogen) atoms. The highest BCUT2D eigenvalue weighted by Gasteiger charge is 1.94. The summed E-state index contributed by atoms with van der Waals surface area (Å²) in [6, 6.07) is 0.275. The fourth-order valence-electron chi connectivity index (χ4n) is 0.972. The zero-order valence-corrected chi connectivity index (χ0v) is 9.33. The molecule has 0 saturated carbocycles. The van der Waals surface area contributed by atoms with E-state index in [1.54, 1.807) is 7.11 Å². The summed E-state index contributed by atoms with van der Waals surface area (Å²) >= 11 is 0. The molecule has 86 valence electrons. The molecule has 0 bridgehead atoms. The summed E-state index contributed by atoms with van der Waals surface area (Å²) < 4.78 is 15.4. The van der Waals surface area contributed by atoms with Crippen molar-refractivity contribution in [3.8, 4) is 0 Å². The van der Waals surface area contributed by atoms with Crippen LogP contribution in [-0.4, -0.2) is 46.2 Å². The van der Waals surface area contributed by atoms with E-state index in [4.69, 9.17) is 19.9 Å². The topological polar surface area (TPSA) is 53.7 Å². The third-order valence-electron chi connectivity index (χ3n) is 1.75. The van der Waals surface area contributed by atoms with Gasteiger partial charge in [0, 0.05) is 19.8 Å². The van der Waals surface area contributed by atoms with Crippen LogP contribution >= 0.6 is 0 Å². The molecule has 0 aromatic carbocycles. The van der Waals surface area contributed by atoms with Gasteiger partial charge in [0.1, 0.15) is 0 Å². The van der Waals surface area contributed by atoms with Gasteiger partial charge in [-0.15, -0.1) is 0 Å². The van der Waals surface area contributed by atoms with Crippen molar-refractivity contribution in [2.24, 2.45) is 5.73 Å². The standard InChI is InChI=1S/C10H23NO3/c1-10(11)4-3-5-13-8-9-14-7-6-12-2/h10H,3-9,11H2,1-2H3. The van der Waals surface area contributed by atoms with Crippen LogP contribution in [0.3, 0.4) is 0 Å². The van der Waals surface area contributed by atoms with Crippen molar-refractivity contribution in [3.63, 3.8) is 0 Å². The van der Waals surface area contributed by atoms with E-state index >= 15 is 0 Å². The second kappa shape index (κ2) is 10.9. The van der Waals surface area contributed by atoms with Gasteiger partial charge >= 0.3 is 0 Å². The highest BCUT2D eigenvalue weighted by Crippen LogP contribution is 1.93. The highest BCUT2D eigenvalue weighted by molar-refractivity contribution is 4.51. The quantitative estimate of drug-likeness (QED) is 0.536. The van der Waals surface area contributed by atoms with Crippen LogP contribution in [0.1, 0.15) is 19.8 Å².